The van der Waals surface area contributed by atoms with Crippen molar-refractivity contribution in [1.29, 1.82) is 0 Å². The Bertz CT molecular complexity index is 748. The van der Waals surface area contributed by atoms with Crippen LogP contribution in [0.25, 0.3) is 0 Å². The molecule has 1 heterocycles. The standard InChI is InChI=1S/C17H14BFN2O2/c18-16(22)13-4-1-5-14(15(13)19)21(10-11-6-7-11)17(23)12-3-2-8-20-9-12/h1-5,8-9,11H,6-7,10H2. The summed E-state index contributed by atoms with van der Waals surface area (Å²) >= 11 is 0. The van der Waals surface area contributed by atoms with Gasteiger partial charge in [0.15, 0.2) is 13.7 Å². The van der Waals surface area contributed by atoms with E-state index in [4.69, 9.17) is 7.85 Å². The van der Waals surface area contributed by atoms with Crippen LogP contribution in [0.2, 0.25) is 0 Å². The second kappa shape index (κ2) is 6.32. The van der Waals surface area contributed by atoms with E-state index in [1.54, 1.807) is 18.3 Å². The first-order valence-electron chi connectivity index (χ1n) is 7.38. The van der Waals surface area contributed by atoms with Crippen LogP contribution in [0.4, 0.5) is 10.1 Å². The number of aromatic nitrogens is 1. The highest BCUT2D eigenvalue weighted by atomic mass is 19.1. The van der Waals surface area contributed by atoms with Crippen LogP contribution in [0.1, 0.15) is 33.6 Å². The van der Waals surface area contributed by atoms with Crippen molar-refractivity contribution in [3.8, 4) is 0 Å². The molecule has 1 fully saturated rings. The van der Waals surface area contributed by atoms with Crippen LogP contribution >= 0.6 is 0 Å². The molecule has 0 atom stereocenters. The fourth-order valence-corrected chi connectivity index (χ4v) is 2.41. The highest BCUT2D eigenvalue weighted by Gasteiger charge is 2.30. The number of anilines is 1. The van der Waals surface area contributed by atoms with Gasteiger partial charge in [0.25, 0.3) is 5.91 Å². The predicted octanol–water partition coefficient (Wildman–Crippen LogP) is 2.59. The molecule has 0 N–H and O–H groups in total. The van der Waals surface area contributed by atoms with Gasteiger partial charge >= 0.3 is 0 Å². The zero-order valence-corrected chi connectivity index (χ0v) is 12.4. The lowest BCUT2D eigenvalue weighted by Crippen LogP contribution is -2.34. The van der Waals surface area contributed by atoms with Gasteiger partial charge in [0.2, 0.25) is 0 Å². The molecule has 3 rings (SSSR count). The zero-order chi connectivity index (χ0) is 16.4. The summed E-state index contributed by atoms with van der Waals surface area (Å²) in [6.45, 7) is 0.410. The summed E-state index contributed by atoms with van der Waals surface area (Å²) in [5, 5.41) is 0. The van der Waals surface area contributed by atoms with E-state index >= 15 is 0 Å². The fraction of sp³-hybridized carbons (Fsp3) is 0.235. The van der Waals surface area contributed by atoms with E-state index in [0.29, 0.717) is 18.0 Å². The summed E-state index contributed by atoms with van der Waals surface area (Å²) < 4.78 is 14.6. The van der Waals surface area contributed by atoms with Gasteiger partial charge in [-0.05, 0) is 43.0 Å². The van der Waals surface area contributed by atoms with Crippen LogP contribution in [0.3, 0.4) is 0 Å². The second-order valence-electron chi connectivity index (χ2n) is 5.60. The lowest BCUT2D eigenvalue weighted by atomic mass is 9.93. The average Bonchev–Trinajstić information content (AvgIpc) is 3.37. The Balaban J connectivity index is 2.01. The SMILES string of the molecule is [B]C(=O)c1cccc(N(CC2CC2)C(=O)c2cccnc2)c1F. The monoisotopic (exact) mass is 308 g/mol. The van der Waals surface area contributed by atoms with E-state index < -0.39 is 11.5 Å². The quantitative estimate of drug-likeness (QED) is 0.798. The second-order valence-corrected chi connectivity index (χ2v) is 5.60. The smallest absolute Gasteiger partial charge is 0.259 e. The van der Waals surface area contributed by atoms with Gasteiger partial charge in [0.1, 0.15) is 5.68 Å². The molecular weight excluding hydrogens is 294 g/mol. The van der Waals surface area contributed by atoms with Crippen molar-refractivity contribution in [2.75, 3.05) is 11.4 Å². The van der Waals surface area contributed by atoms with Crippen molar-refractivity contribution in [3.63, 3.8) is 0 Å². The topological polar surface area (TPSA) is 50.3 Å². The molecule has 114 valence electrons. The van der Waals surface area contributed by atoms with Gasteiger partial charge in [-0.2, -0.15) is 0 Å². The Labute approximate surface area is 134 Å². The van der Waals surface area contributed by atoms with Gasteiger partial charge in [-0.25, -0.2) is 4.39 Å². The molecule has 1 saturated carbocycles. The third-order valence-electron chi connectivity index (χ3n) is 3.83. The predicted molar refractivity (Wildman–Crippen MR) is 85.1 cm³/mol. The number of hydrogen-bond donors (Lipinski definition) is 0. The highest BCUT2D eigenvalue weighted by Crippen LogP contribution is 2.33. The summed E-state index contributed by atoms with van der Waals surface area (Å²) in [7, 11) is 5.19. The van der Waals surface area contributed by atoms with E-state index in [1.165, 1.54) is 29.3 Å². The van der Waals surface area contributed by atoms with Crippen LogP contribution in [0, 0.1) is 11.7 Å². The summed E-state index contributed by atoms with van der Waals surface area (Å²) in [4.78, 5) is 29.4. The third-order valence-corrected chi connectivity index (χ3v) is 3.83. The van der Waals surface area contributed by atoms with Crippen molar-refractivity contribution in [1.82, 2.24) is 4.98 Å². The Morgan fingerprint density at radius 1 is 1.26 bits per heavy atom. The number of nitrogens with zero attached hydrogens (tertiary/aromatic N) is 2. The Kier molecular flexibility index (Phi) is 4.23. The Morgan fingerprint density at radius 3 is 2.65 bits per heavy atom. The molecule has 1 amide bonds. The molecule has 0 saturated heterocycles. The first-order chi connectivity index (χ1) is 11.1. The van der Waals surface area contributed by atoms with Crippen LogP contribution in [-0.4, -0.2) is 31.0 Å². The minimum atomic E-state index is -0.857. The number of carbonyl (C=O) groups is 2. The van der Waals surface area contributed by atoms with E-state index in [9.17, 15) is 14.0 Å². The normalized spacial score (nSPS) is 13.6. The molecule has 0 unspecified atom stereocenters. The van der Waals surface area contributed by atoms with Gasteiger partial charge in [-0.3, -0.25) is 9.78 Å². The van der Waals surface area contributed by atoms with Crippen molar-refractivity contribution in [2.45, 2.75) is 12.8 Å². The molecule has 2 aromatic rings. The fourth-order valence-electron chi connectivity index (χ4n) is 2.41. The zero-order valence-electron chi connectivity index (χ0n) is 12.4. The van der Waals surface area contributed by atoms with Gasteiger partial charge < -0.3 is 9.69 Å². The molecule has 1 aliphatic carbocycles. The largest absolute Gasteiger partial charge is 0.307 e. The number of amides is 1. The average molecular weight is 308 g/mol. The van der Waals surface area contributed by atoms with E-state index in [1.807, 2.05) is 0 Å². The number of hydrogen-bond acceptors (Lipinski definition) is 3. The van der Waals surface area contributed by atoms with E-state index in [0.717, 1.165) is 12.8 Å². The number of rotatable bonds is 5. The summed E-state index contributed by atoms with van der Waals surface area (Å²) in [6, 6.07) is 7.60. The van der Waals surface area contributed by atoms with Gasteiger partial charge in [0.05, 0.1) is 11.3 Å². The molecule has 1 aromatic carbocycles. The number of carbonyl (C=O) groups excluding carboxylic acids is 2. The van der Waals surface area contributed by atoms with Crippen LogP contribution in [0.15, 0.2) is 42.7 Å². The molecule has 4 nitrogen and oxygen atoms in total. The third kappa shape index (κ3) is 3.31. The van der Waals surface area contributed by atoms with Crippen LogP contribution in [-0.2, 0) is 0 Å². The lowest BCUT2D eigenvalue weighted by molar-refractivity contribution is 0.0982. The molecule has 1 aromatic heterocycles. The van der Waals surface area contributed by atoms with Crippen molar-refractivity contribution >= 4 is 25.1 Å². The molecule has 0 aliphatic heterocycles. The molecule has 0 bridgehead atoms. The molecule has 23 heavy (non-hydrogen) atoms. The number of halogens is 1. The van der Waals surface area contributed by atoms with E-state index in [-0.39, 0.29) is 17.2 Å². The minimum Gasteiger partial charge on any atom is -0.307 e. The molecular formula is C17H14BFN2O2. The number of benzene rings is 1. The summed E-state index contributed by atoms with van der Waals surface area (Å²) in [5.41, 5.74) is -0.633. The van der Waals surface area contributed by atoms with Gasteiger partial charge in [0, 0.05) is 24.5 Å². The maximum atomic E-state index is 14.6. The lowest BCUT2D eigenvalue weighted by Gasteiger charge is -2.24. The number of pyridine rings is 1. The maximum absolute atomic E-state index is 14.6. The summed E-state index contributed by atoms with van der Waals surface area (Å²) in [5.74, 6) is -0.754. The van der Waals surface area contributed by atoms with Crippen molar-refractivity contribution < 1.29 is 14.0 Å². The Morgan fingerprint density at radius 2 is 2.04 bits per heavy atom. The first kappa shape index (κ1) is 15.4. The van der Waals surface area contributed by atoms with Crippen molar-refractivity contribution in [3.05, 3.63) is 59.7 Å². The molecule has 0 spiro atoms. The molecule has 6 heteroatoms. The van der Waals surface area contributed by atoms with Gasteiger partial charge in [-0.15, -0.1) is 0 Å². The highest BCUT2D eigenvalue weighted by molar-refractivity contribution is 6.62. The molecule has 1 aliphatic rings. The van der Waals surface area contributed by atoms with Crippen molar-refractivity contribution in [2.24, 2.45) is 5.92 Å². The minimum absolute atomic E-state index is 0.0713. The first-order valence-corrected chi connectivity index (χ1v) is 7.38. The Hall–Kier alpha value is -2.50. The molecule has 2 radical (unpaired) electrons. The van der Waals surface area contributed by atoms with E-state index in [2.05, 4.69) is 4.98 Å². The van der Waals surface area contributed by atoms with Crippen LogP contribution in [0.5, 0.6) is 0 Å². The maximum Gasteiger partial charge on any atom is 0.259 e. The van der Waals surface area contributed by atoms with Gasteiger partial charge in [-0.1, -0.05) is 6.07 Å². The van der Waals surface area contributed by atoms with Crippen LogP contribution < -0.4 is 4.90 Å². The summed E-state index contributed by atoms with van der Waals surface area (Å²) in [6.07, 6.45) is 5.02.